The lowest BCUT2D eigenvalue weighted by molar-refractivity contribution is 0.0730. The first-order valence-electron chi connectivity index (χ1n) is 13.5. The molecular weight excluding hydrogens is 488 g/mol. The number of fused-ring (bicyclic) bond motifs is 1. The quantitative estimate of drug-likeness (QED) is 0.407. The molecule has 1 saturated heterocycles. The molecule has 10 heteroatoms. The molecule has 1 aliphatic heterocycles. The predicted octanol–water partition coefficient (Wildman–Crippen LogP) is 3.85. The van der Waals surface area contributed by atoms with E-state index in [2.05, 4.69) is 28.0 Å². The maximum absolute atomic E-state index is 13.1. The van der Waals surface area contributed by atoms with E-state index in [1.165, 1.54) is 4.31 Å². The van der Waals surface area contributed by atoms with Gasteiger partial charge in [0.2, 0.25) is 16.0 Å². The molecule has 0 radical (unpaired) electrons. The molecule has 1 saturated carbocycles. The normalized spacial score (nSPS) is 21.4. The Morgan fingerprint density at radius 2 is 1.84 bits per heavy atom. The van der Waals surface area contributed by atoms with E-state index in [4.69, 9.17) is 15.5 Å². The van der Waals surface area contributed by atoms with Gasteiger partial charge < -0.3 is 20.4 Å². The molecule has 0 unspecified atom stereocenters. The third-order valence-corrected chi connectivity index (χ3v) is 9.46. The van der Waals surface area contributed by atoms with Crippen LogP contribution in [0.4, 0.5) is 5.95 Å². The van der Waals surface area contributed by atoms with Gasteiger partial charge in [-0.05, 0) is 55.7 Å². The van der Waals surface area contributed by atoms with E-state index in [-0.39, 0.29) is 0 Å². The van der Waals surface area contributed by atoms with Crippen molar-refractivity contribution in [1.29, 1.82) is 0 Å². The molecule has 2 aliphatic rings. The number of unbranched alkanes of at least 4 members (excludes halogenated alkanes) is 1. The number of hydrogen-bond acceptors (Lipinski definition) is 7. The van der Waals surface area contributed by atoms with Crippen LogP contribution in [0.3, 0.4) is 0 Å². The zero-order chi connectivity index (χ0) is 25.8. The van der Waals surface area contributed by atoms with Crippen LogP contribution in [0.2, 0.25) is 0 Å². The van der Waals surface area contributed by atoms with Gasteiger partial charge in [-0.1, -0.05) is 25.5 Å². The van der Waals surface area contributed by atoms with Gasteiger partial charge in [-0.25, -0.2) is 13.4 Å². The van der Waals surface area contributed by atoms with Crippen molar-refractivity contribution in [3.8, 4) is 11.1 Å². The second kappa shape index (κ2) is 11.5. The minimum absolute atomic E-state index is 0.305. The molecule has 0 amide bonds. The fourth-order valence-corrected chi connectivity index (χ4v) is 6.70. The maximum atomic E-state index is 13.1. The summed E-state index contributed by atoms with van der Waals surface area (Å²) in [5.41, 5.74) is 9.01. The Morgan fingerprint density at radius 3 is 2.54 bits per heavy atom. The van der Waals surface area contributed by atoms with Gasteiger partial charge in [0.25, 0.3) is 0 Å². The van der Waals surface area contributed by atoms with Crippen molar-refractivity contribution in [2.75, 3.05) is 38.2 Å². The number of benzene rings is 1. The Labute approximate surface area is 219 Å². The van der Waals surface area contributed by atoms with Gasteiger partial charge in [-0.3, -0.25) is 0 Å². The summed E-state index contributed by atoms with van der Waals surface area (Å²) < 4.78 is 35.2. The fourth-order valence-electron chi connectivity index (χ4n) is 5.29. The lowest BCUT2D eigenvalue weighted by atomic mass is 9.86. The smallest absolute Gasteiger partial charge is 0.243 e. The zero-order valence-electron chi connectivity index (χ0n) is 21.6. The van der Waals surface area contributed by atoms with E-state index < -0.39 is 10.0 Å². The first-order valence-corrected chi connectivity index (χ1v) is 14.9. The molecule has 5 rings (SSSR count). The summed E-state index contributed by atoms with van der Waals surface area (Å²) in [5.74, 6) is 1.21. The molecule has 0 atom stereocenters. The highest BCUT2D eigenvalue weighted by Crippen LogP contribution is 2.33. The number of anilines is 1. The SMILES string of the molecule is CCCCNc1ncc2c(-c3ccc(S(=O)(=O)N4CCOCC4)cc3)cn(CC3CCC(N)CC3)c2n1. The summed E-state index contributed by atoms with van der Waals surface area (Å²) in [6, 6.07) is 7.50. The van der Waals surface area contributed by atoms with Gasteiger partial charge in [0.1, 0.15) is 5.65 Å². The number of sulfonamides is 1. The Morgan fingerprint density at radius 1 is 1.11 bits per heavy atom. The Kier molecular flexibility index (Phi) is 8.09. The van der Waals surface area contributed by atoms with Crippen molar-refractivity contribution in [3.05, 3.63) is 36.7 Å². The molecule has 2 aromatic heterocycles. The molecule has 3 heterocycles. The number of rotatable bonds is 9. The van der Waals surface area contributed by atoms with Crippen LogP contribution in [0.5, 0.6) is 0 Å². The van der Waals surface area contributed by atoms with Crippen LogP contribution in [0.25, 0.3) is 22.2 Å². The highest BCUT2D eigenvalue weighted by molar-refractivity contribution is 7.89. The number of morpholine rings is 1. The summed E-state index contributed by atoms with van der Waals surface area (Å²) in [5, 5.41) is 4.32. The Hall–Kier alpha value is -2.53. The summed E-state index contributed by atoms with van der Waals surface area (Å²) >= 11 is 0. The average molecular weight is 527 g/mol. The van der Waals surface area contributed by atoms with Gasteiger partial charge in [-0.15, -0.1) is 0 Å². The first-order chi connectivity index (χ1) is 18.0. The van der Waals surface area contributed by atoms with Gasteiger partial charge in [0.05, 0.1) is 18.1 Å². The van der Waals surface area contributed by atoms with Crippen LogP contribution in [0, 0.1) is 5.92 Å². The van der Waals surface area contributed by atoms with Gasteiger partial charge >= 0.3 is 0 Å². The summed E-state index contributed by atoms with van der Waals surface area (Å²) in [6.45, 7) is 5.52. The lowest BCUT2D eigenvalue weighted by Crippen LogP contribution is -2.40. The minimum Gasteiger partial charge on any atom is -0.379 e. The Bertz CT molecular complexity index is 1290. The van der Waals surface area contributed by atoms with Crippen LogP contribution in [0.1, 0.15) is 45.4 Å². The van der Waals surface area contributed by atoms with Crippen molar-refractivity contribution in [2.45, 2.75) is 62.9 Å². The third kappa shape index (κ3) is 5.82. The lowest BCUT2D eigenvalue weighted by Gasteiger charge is -2.26. The maximum Gasteiger partial charge on any atom is 0.243 e. The molecule has 1 aromatic carbocycles. The molecule has 9 nitrogen and oxygen atoms in total. The molecule has 1 aliphatic carbocycles. The van der Waals surface area contributed by atoms with Crippen LogP contribution in [-0.2, 0) is 21.3 Å². The molecule has 0 bridgehead atoms. The number of ether oxygens (including phenoxy) is 1. The van der Waals surface area contributed by atoms with E-state index in [0.29, 0.717) is 49.1 Å². The molecule has 37 heavy (non-hydrogen) atoms. The molecule has 3 aromatic rings. The largest absolute Gasteiger partial charge is 0.379 e. The van der Waals surface area contributed by atoms with Gasteiger partial charge in [0.15, 0.2) is 0 Å². The van der Waals surface area contributed by atoms with Gasteiger partial charge in [0, 0.05) is 55.6 Å². The van der Waals surface area contributed by atoms with Crippen molar-refractivity contribution in [2.24, 2.45) is 11.7 Å². The van der Waals surface area contributed by atoms with Gasteiger partial charge in [-0.2, -0.15) is 9.29 Å². The summed E-state index contributed by atoms with van der Waals surface area (Å²) in [7, 11) is -3.53. The van der Waals surface area contributed by atoms with E-state index in [1.807, 2.05) is 18.3 Å². The number of nitrogens with one attached hydrogen (secondary N) is 1. The molecule has 200 valence electrons. The van der Waals surface area contributed by atoms with Crippen LogP contribution in [-0.4, -0.2) is 66.1 Å². The second-order valence-electron chi connectivity index (χ2n) is 10.2. The van der Waals surface area contributed by atoms with E-state index in [9.17, 15) is 8.42 Å². The molecule has 2 fully saturated rings. The second-order valence-corrected chi connectivity index (χ2v) is 12.2. The van der Waals surface area contributed by atoms with Crippen molar-refractivity contribution in [1.82, 2.24) is 18.8 Å². The molecular formula is C27H38N6O3S. The van der Waals surface area contributed by atoms with Crippen LogP contribution in [0.15, 0.2) is 41.6 Å². The topological polar surface area (TPSA) is 115 Å². The monoisotopic (exact) mass is 526 g/mol. The van der Waals surface area contributed by atoms with E-state index in [1.54, 1.807) is 12.1 Å². The predicted molar refractivity (Wildman–Crippen MR) is 146 cm³/mol. The summed E-state index contributed by atoms with van der Waals surface area (Å²) in [6.07, 6.45) is 10.6. The number of hydrogen-bond donors (Lipinski definition) is 2. The number of nitrogens with zero attached hydrogens (tertiary/aromatic N) is 4. The highest BCUT2D eigenvalue weighted by atomic mass is 32.2. The molecule has 3 N–H and O–H groups in total. The Balaban J connectivity index is 1.45. The van der Waals surface area contributed by atoms with E-state index in [0.717, 1.165) is 73.8 Å². The van der Waals surface area contributed by atoms with Crippen LogP contribution < -0.4 is 11.1 Å². The van der Waals surface area contributed by atoms with Crippen LogP contribution >= 0.6 is 0 Å². The van der Waals surface area contributed by atoms with Crippen molar-refractivity contribution < 1.29 is 13.2 Å². The standard InChI is InChI=1S/C27H38N6O3S/c1-2-3-12-29-27-30-17-24-25(19-32(26(24)31-27)18-20-4-8-22(28)9-5-20)21-6-10-23(11-7-21)37(34,35)33-13-15-36-16-14-33/h6-7,10-11,17,19-20,22H,2-5,8-9,12-16,18,28H2,1H3,(H,29,30,31). The summed E-state index contributed by atoms with van der Waals surface area (Å²) in [4.78, 5) is 9.78. The molecule has 0 spiro atoms. The number of aromatic nitrogens is 3. The average Bonchev–Trinajstić information content (AvgIpc) is 3.28. The third-order valence-electron chi connectivity index (χ3n) is 7.55. The van der Waals surface area contributed by atoms with E-state index >= 15 is 0 Å². The van der Waals surface area contributed by atoms with Crippen molar-refractivity contribution >= 4 is 27.0 Å². The number of nitrogens with two attached hydrogens (primary N) is 1. The fraction of sp³-hybridized carbons (Fsp3) is 0.556. The van der Waals surface area contributed by atoms with Crippen molar-refractivity contribution in [3.63, 3.8) is 0 Å². The minimum atomic E-state index is -3.53. The first kappa shape index (κ1) is 26.1. The zero-order valence-corrected chi connectivity index (χ0v) is 22.4. The highest BCUT2D eigenvalue weighted by Gasteiger charge is 2.26.